The number of anilines is 1. The van der Waals surface area contributed by atoms with Gasteiger partial charge in [-0.2, -0.15) is 11.8 Å². The second-order valence-electron chi connectivity index (χ2n) is 8.07. The van der Waals surface area contributed by atoms with Crippen molar-refractivity contribution in [2.45, 2.75) is 86.0 Å². The average molecular weight is 446 g/mol. The summed E-state index contributed by atoms with van der Waals surface area (Å²) < 4.78 is 0. The van der Waals surface area contributed by atoms with E-state index in [1.165, 1.54) is 55.4 Å². The predicted octanol–water partition coefficient (Wildman–Crippen LogP) is 7.26. The molecule has 1 aromatic rings. The average Bonchev–Trinajstić information content (AvgIpc) is 2.81. The van der Waals surface area contributed by atoms with Crippen molar-refractivity contribution in [2.24, 2.45) is 0 Å². The number of rotatable bonds is 8. The summed E-state index contributed by atoms with van der Waals surface area (Å²) in [4.78, 5) is 0. The minimum absolute atomic E-state index is 0.887. The lowest BCUT2D eigenvalue weighted by molar-refractivity contribution is 0.637. The lowest BCUT2D eigenvalue weighted by Crippen LogP contribution is -2.17. The van der Waals surface area contributed by atoms with Crippen molar-refractivity contribution in [3.8, 4) is 0 Å². The zero-order chi connectivity index (χ0) is 22.9. The van der Waals surface area contributed by atoms with Gasteiger partial charge in [0.1, 0.15) is 0 Å². The molecule has 0 saturated carbocycles. The summed E-state index contributed by atoms with van der Waals surface area (Å²) in [6.07, 6.45) is 9.78. The van der Waals surface area contributed by atoms with Crippen molar-refractivity contribution in [1.29, 1.82) is 5.41 Å². The monoisotopic (exact) mass is 445 g/mol. The third kappa shape index (κ3) is 10.3. The normalized spacial score (nSPS) is 16.9. The van der Waals surface area contributed by atoms with Crippen molar-refractivity contribution < 1.29 is 0 Å². The van der Waals surface area contributed by atoms with E-state index in [1.54, 1.807) is 11.1 Å². The summed E-state index contributed by atoms with van der Waals surface area (Å²) in [6, 6.07) is 6.64. The Morgan fingerprint density at radius 1 is 1.06 bits per heavy atom. The Bertz CT molecular complexity index is 666. The van der Waals surface area contributed by atoms with Gasteiger partial charge in [-0.3, -0.25) is 0 Å². The van der Waals surface area contributed by atoms with Crippen LogP contribution in [0.1, 0.15) is 84.3 Å². The molecular weight excluding hydrogens is 398 g/mol. The van der Waals surface area contributed by atoms with Gasteiger partial charge in [0, 0.05) is 23.7 Å². The van der Waals surface area contributed by atoms with Crippen LogP contribution in [-0.4, -0.2) is 36.9 Å². The fourth-order valence-corrected chi connectivity index (χ4v) is 5.15. The molecule has 176 valence electrons. The number of benzene rings is 1. The van der Waals surface area contributed by atoms with Crippen LogP contribution in [0, 0.1) is 5.41 Å². The number of nitrogens with one attached hydrogen (secondary N) is 3. The third-order valence-corrected chi connectivity index (χ3v) is 6.70. The first-order valence-corrected chi connectivity index (χ1v) is 13.7. The molecule has 1 heterocycles. The quantitative estimate of drug-likeness (QED) is 0.369. The minimum Gasteiger partial charge on any atom is -0.385 e. The van der Waals surface area contributed by atoms with E-state index < -0.39 is 0 Å². The van der Waals surface area contributed by atoms with Crippen LogP contribution in [0.2, 0.25) is 0 Å². The third-order valence-electron chi connectivity index (χ3n) is 5.72. The van der Waals surface area contributed by atoms with Gasteiger partial charge in [0.15, 0.2) is 0 Å². The van der Waals surface area contributed by atoms with Crippen LogP contribution in [0.3, 0.4) is 0 Å². The van der Waals surface area contributed by atoms with Gasteiger partial charge in [-0.25, -0.2) is 0 Å². The van der Waals surface area contributed by atoms with Crippen molar-refractivity contribution in [1.82, 2.24) is 5.32 Å². The second-order valence-corrected chi connectivity index (χ2v) is 9.18. The van der Waals surface area contributed by atoms with Crippen molar-refractivity contribution in [2.75, 3.05) is 36.5 Å². The molecule has 1 aliphatic carbocycles. The highest BCUT2D eigenvalue weighted by molar-refractivity contribution is 7.99. The first kappa shape index (κ1) is 27.8. The van der Waals surface area contributed by atoms with Crippen LogP contribution < -0.4 is 10.6 Å². The first-order chi connectivity index (χ1) is 15.2. The van der Waals surface area contributed by atoms with E-state index in [1.807, 2.05) is 25.6 Å². The van der Waals surface area contributed by atoms with Crippen molar-refractivity contribution in [3.63, 3.8) is 0 Å². The molecule has 2 aliphatic rings. The molecule has 0 bridgehead atoms. The fourth-order valence-electron chi connectivity index (χ4n) is 4.04. The molecule has 3 N–H and O–H groups in total. The number of fused-ring (bicyclic) bond motifs is 1. The van der Waals surface area contributed by atoms with E-state index in [2.05, 4.69) is 49.6 Å². The number of hydrogen-bond donors (Lipinski definition) is 3. The Labute approximate surface area is 196 Å². The topological polar surface area (TPSA) is 47.9 Å². The zero-order valence-corrected chi connectivity index (χ0v) is 21.6. The first-order valence-electron chi connectivity index (χ1n) is 12.6. The lowest BCUT2D eigenvalue weighted by atomic mass is 9.90. The summed E-state index contributed by atoms with van der Waals surface area (Å²) >= 11 is 1.97. The van der Waals surface area contributed by atoms with Crippen LogP contribution in [0.25, 0.3) is 0 Å². The molecule has 0 amide bonds. The van der Waals surface area contributed by atoms with E-state index in [4.69, 9.17) is 5.41 Å². The maximum absolute atomic E-state index is 7.94. The summed E-state index contributed by atoms with van der Waals surface area (Å²) in [5.41, 5.74) is 8.14. The minimum atomic E-state index is 0.887. The largest absolute Gasteiger partial charge is 0.385 e. The molecule has 1 aromatic carbocycles. The lowest BCUT2D eigenvalue weighted by Gasteiger charge is -2.19. The zero-order valence-electron chi connectivity index (χ0n) is 20.8. The molecule has 4 heteroatoms. The van der Waals surface area contributed by atoms with E-state index in [-0.39, 0.29) is 0 Å². The van der Waals surface area contributed by atoms with Crippen LogP contribution >= 0.6 is 11.8 Å². The molecule has 0 aromatic heterocycles. The Morgan fingerprint density at radius 2 is 1.84 bits per heavy atom. The predicted molar refractivity (Wildman–Crippen MR) is 143 cm³/mol. The molecule has 31 heavy (non-hydrogen) atoms. The molecule has 0 spiro atoms. The van der Waals surface area contributed by atoms with Crippen LogP contribution in [-0.2, 0) is 12.8 Å². The Morgan fingerprint density at radius 3 is 2.55 bits per heavy atom. The smallest absolute Gasteiger partial charge is 0.0375 e. The van der Waals surface area contributed by atoms with E-state index >= 15 is 0 Å². The van der Waals surface area contributed by atoms with Crippen molar-refractivity contribution in [3.05, 3.63) is 40.5 Å². The molecule has 0 radical (unpaired) electrons. The summed E-state index contributed by atoms with van der Waals surface area (Å²) in [7, 11) is 0. The van der Waals surface area contributed by atoms with Gasteiger partial charge in [0.25, 0.3) is 0 Å². The van der Waals surface area contributed by atoms with Crippen molar-refractivity contribution >= 4 is 23.2 Å². The Balaban J connectivity index is 0.000000291. The molecule has 0 atom stereocenters. The molecule has 1 saturated heterocycles. The SMILES string of the molecule is CC.CCCNCCC/C(C)=C1\CSCCC1=N.CCNc1cccc2c1CCCC2. The summed E-state index contributed by atoms with van der Waals surface area (Å²) in [5.74, 6) is 2.20. The highest BCUT2D eigenvalue weighted by Crippen LogP contribution is 2.27. The number of thioether (sulfide) groups is 1. The number of allylic oxidation sites excluding steroid dienone is 1. The van der Waals surface area contributed by atoms with E-state index in [0.29, 0.717) is 0 Å². The van der Waals surface area contributed by atoms with Crippen LogP contribution in [0.5, 0.6) is 0 Å². The molecule has 1 fully saturated rings. The van der Waals surface area contributed by atoms with Gasteiger partial charge >= 0.3 is 0 Å². The van der Waals surface area contributed by atoms with E-state index in [0.717, 1.165) is 49.7 Å². The molecule has 3 nitrogen and oxygen atoms in total. The molecule has 3 rings (SSSR count). The Hall–Kier alpha value is -1.26. The van der Waals surface area contributed by atoms with Gasteiger partial charge in [0.2, 0.25) is 0 Å². The molecule has 1 aliphatic heterocycles. The van der Waals surface area contributed by atoms with Gasteiger partial charge in [-0.15, -0.1) is 0 Å². The Kier molecular flexibility index (Phi) is 15.5. The highest BCUT2D eigenvalue weighted by Gasteiger charge is 2.14. The second kappa shape index (κ2) is 17.3. The standard InChI is InChI=1S/C13H24N2S.C12H17N.C2H6/c1-3-7-15-8-4-5-11(2)12-10-16-9-6-13(12)14;1-2-13-12-9-5-7-10-6-3-4-8-11(10)12;1-2/h14-15H,3-10H2,1-2H3;5,7,9,13H,2-4,6,8H2,1H3;1-2H3/b12-11+,14-13?;;. The summed E-state index contributed by atoms with van der Waals surface area (Å²) in [5, 5.41) is 14.8. The van der Waals surface area contributed by atoms with E-state index in [9.17, 15) is 0 Å². The van der Waals surface area contributed by atoms with Gasteiger partial charge < -0.3 is 16.0 Å². The molecular formula is C27H47N3S. The van der Waals surface area contributed by atoms with Crippen LogP contribution in [0.4, 0.5) is 5.69 Å². The summed E-state index contributed by atoms with van der Waals surface area (Å²) in [6.45, 7) is 13.8. The number of aryl methyl sites for hydroxylation is 1. The highest BCUT2D eigenvalue weighted by atomic mass is 32.2. The van der Waals surface area contributed by atoms with Gasteiger partial charge in [-0.1, -0.05) is 38.5 Å². The van der Waals surface area contributed by atoms with Crippen LogP contribution in [0.15, 0.2) is 29.3 Å². The fraction of sp³-hybridized carbons (Fsp3) is 0.667. The maximum Gasteiger partial charge on any atom is 0.0375 e. The maximum atomic E-state index is 7.94. The number of hydrogen-bond acceptors (Lipinski definition) is 4. The van der Waals surface area contributed by atoms with Gasteiger partial charge in [-0.05, 0) is 107 Å². The molecule has 0 unspecified atom stereocenters. The van der Waals surface area contributed by atoms with Gasteiger partial charge in [0.05, 0.1) is 0 Å².